The largest absolute Gasteiger partial charge is 0.444 e. The molecule has 0 saturated carbocycles. The van der Waals surface area contributed by atoms with Crippen LogP contribution in [0.15, 0.2) is 30.3 Å². The molecule has 0 bridgehead atoms. The predicted molar refractivity (Wildman–Crippen MR) is 81.1 cm³/mol. The summed E-state index contributed by atoms with van der Waals surface area (Å²) in [6.45, 7) is 6.45. The number of benzene rings is 1. The number of ether oxygens (including phenoxy) is 1. The first-order chi connectivity index (χ1) is 9.85. The van der Waals surface area contributed by atoms with E-state index in [0.717, 1.165) is 5.56 Å². The molecule has 4 nitrogen and oxygen atoms in total. The summed E-state index contributed by atoms with van der Waals surface area (Å²) < 4.78 is 5.39. The number of ketones is 1. The zero-order valence-corrected chi connectivity index (χ0v) is 13.0. The molecule has 1 atom stereocenters. The van der Waals surface area contributed by atoms with E-state index in [1.54, 1.807) is 4.90 Å². The van der Waals surface area contributed by atoms with Crippen LogP contribution < -0.4 is 0 Å². The summed E-state index contributed by atoms with van der Waals surface area (Å²) in [6, 6.07) is 9.92. The second kappa shape index (κ2) is 6.29. The van der Waals surface area contributed by atoms with Gasteiger partial charge in [-0.1, -0.05) is 30.3 Å². The number of piperidine rings is 1. The molecule has 1 amide bonds. The van der Waals surface area contributed by atoms with Gasteiger partial charge in [-0.2, -0.15) is 0 Å². The van der Waals surface area contributed by atoms with Crippen molar-refractivity contribution in [3.05, 3.63) is 35.9 Å². The minimum Gasteiger partial charge on any atom is -0.444 e. The average molecular weight is 289 g/mol. The Hall–Kier alpha value is -1.84. The monoisotopic (exact) mass is 289 g/mol. The number of nitrogens with zero attached hydrogens (tertiary/aromatic N) is 1. The van der Waals surface area contributed by atoms with Crippen molar-refractivity contribution in [1.82, 2.24) is 4.90 Å². The molecule has 1 fully saturated rings. The first kappa shape index (κ1) is 15.5. The van der Waals surface area contributed by atoms with Gasteiger partial charge in [-0.15, -0.1) is 0 Å². The van der Waals surface area contributed by atoms with Crippen LogP contribution in [0.25, 0.3) is 0 Å². The number of Topliss-reactive ketones (excluding diaryl/α,β-unsaturated/α-hetero) is 1. The molecule has 0 aromatic heterocycles. The lowest BCUT2D eigenvalue weighted by molar-refractivity contribution is -0.125. The fourth-order valence-electron chi connectivity index (χ4n) is 2.48. The molecule has 114 valence electrons. The molecule has 1 saturated heterocycles. The number of hydrogen-bond donors (Lipinski definition) is 0. The van der Waals surface area contributed by atoms with Crippen molar-refractivity contribution < 1.29 is 14.3 Å². The molecule has 0 N–H and O–H groups in total. The van der Waals surface area contributed by atoms with Crippen LogP contribution in [0.5, 0.6) is 0 Å². The molecule has 2 rings (SSSR count). The lowest BCUT2D eigenvalue weighted by Crippen LogP contribution is -2.46. The van der Waals surface area contributed by atoms with E-state index in [2.05, 4.69) is 0 Å². The van der Waals surface area contributed by atoms with Crippen molar-refractivity contribution in [3.63, 3.8) is 0 Å². The quantitative estimate of drug-likeness (QED) is 0.840. The summed E-state index contributed by atoms with van der Waals surface area (Å²) in [5, 5.41) is 0. The molecule has 0 radical (unpaired) electrons. The SMILES string of the molecule is CC(C)(C)OC(=O)N1CCC(=O)[C@@H](Cc2ccccc2)C1. The van der Waals surface area contributed by atoms with Crippen molar-refractivity contribution in [2.45, 2.75) is 39.2 Å². The molecule has 0 aliphatic carbocycles. The second-order valence-electron chi connectivity index (χ2n) is 6.53. The first-order valence-electron chi connectivity index (χ1n) is 7.40. The molecule has 1 aromatic rings. The molecule has 4 heteroatoms. The van der Waals surface area contributed by atoms with Crippen LogP contribution in [-0.2, 0) is 16.0 Å². The Morgan fingerprint density at radius 1 is 1.29 bits per heavy atom. The zero-order chi connectivity index (χ0) is 15.5. The van der Waals surface area contributed by atoms with Crippen LogP contribution in [0.2, 0.25) is 0 Å². The molecular weight excluding hydrogens is 266 g/mol. The summed E-state index contributed by atoms with van der Waals surface area (Å²) in [6.07, 6.45) is 0.767. The zero-order valence-electron chi connectivity index (χ0n) is 13.0. The van der Waals surface area contributed by atoms with E-state index in [-0.39, 0.29) is 17.8 Å². The van der Waals surface area contributed by atoms with E-state index in [9.17, 15) is 9.59 Å². The van der Waals surface area contributed by atoms with Crippen molar-refractivity contribution in [2.75, 3.05) is 13.1 Å². The molecule has 21 heavy (non-hydrogen) atoms. The summed E-state index contributed by atoms with van der Waals surface area (Å²) in [5.41, 5.74) is 0.620. The third kappa shape index (κ3) is 4.59. The minimum absolute atomic E-state index is 0.131. The number of carbonyl (C=O) groups excluding carboxylic acids is 2. The summed E-state index contributed by atoms with van der Waals surface area (Å²) >= 11 is 0. The number of rotatable bonds is 2. The highest BCUT2D eigenvalue weighted by molar-refractivity contribution is 5.84. The van der Waals surface area contributed by atoms with Gasteiger partial charge in [0.2, 0.25) is 0 Å². The van der Waals surface area contributed by atoms with Crippen LogP contribution in [0.4, 0.5) is 4.79 Å². The maximum Gasteiger partial charge on any atom is 0.410 e. The van der Waals surface area contributed by atoms with Crippen LogP contribution in [-0.4, -0.2) is 35.5 Å². The fourth-order valence-corrected chi connectivity index (χ4v) is 2.48. The Kier molecular flexibility index (Phi) is 4.66. The van der Waals surface area contributed by atoms with E-state index in [1.807, 2.05) is 51.1 Å². The number of likely N-dealkylation sites (tertiary alicyclic amines) is 1. The van der Waals surface area contributed by atoms with E-state index < -0.39 is 5.60 Å². The first-order valence-corrected chi connectivity index (χ1v) is 7.40. The van der Waals surface area contributed by atoms with Crippen molar-refractivity contribution in [2.24, 2.45) is 5.92 Å². The van der Waals surface area contributed by atoms with Gasteiger partial charge >= 0.3 is 6.09 Å². The van der Waals surface area contributed by atoms with Crippen LogP contribution in [0.1, 0.15) is 32.8 Å². The lowest BCUT2D eigenvalue weighted by atomic mass is 9.90. The Labute approximate surface area is 126 Å². The van der Waals surface area contributed by atoms with E-state index in [1.165, 1.54) is 0 Å². The van der Waals surface area contributed by atoms with Gasteiger partial charge in [-0.3, -0.25) is 4.79 Å². The Balaban J connectivity index is 1.99. The van der Waals surface area contributed by atoms with Crippen molar-refractivity contribution in [3.8, 4) is 0 Å². The average Bonchev–Trinajstić information content (AvgIpc) is 2.40. The Bertz CT molecular complexity index is 505. The van der Waals surface area contributed by atoms with Gasteiger partial charge < -0.3 is 9.64 Å². The summed E-state index contributed by atoms with van der Waals surface area (Å²) in [7, 11) is 0. The van der Waals surface area contributed by atoms with Gasteiger partial charge in [0.1, 0.15) is 11.4 Å². The standard InChI is InChI=1S/C17H23NO3/c1-17(2,3)21-16(20)18-10-9-15(19)14(12-18)11-13-7-5-4-6-8-13/h4-8,14H,9-12H2,1-3H3/t14-/m0/s1. The van der Waals surface area contributed by atoms with Crippen LogP contribution in [0.3, 0.4) is 0 Å². The van der Waals surface area contributed by atoms with E-state index in [0.29, 0.717) is 25.9 Å². The highest BCUT2D eigenvalue weighted by Gasteiger charge is 2.32. The van der Waals surface area contributed by atoms with Crippen LogP contribution >= 0.6 is 0 Å². The minimum atomic E-state index is -0.506. The van der Waals surface area contributed by atoms with Crippen LogP contribution in [0, 0.1) is 5.92 Å². The van der Waals surface area contributed by atoms with Crippen molar-refractivity contribution >= 4 is 11.9 Å². The Morgan fingerprint density at radius 2 is 1.95 bits per heavy atom. The number of hydrogen-bond acceptors (Lipinski definition) is 3. The highest BCUT2D eigenvalue weighted by atomic mass is 16.6. The third-order valence-corrected chi connectivity index (χ3v) is 3.50. The molecule has 1 aliphatic heterocycles. The fraction of sp³-hybridized carbons (Fsp3) is 0.529. The molecule has 1 heterocycles. The smallest absolute Gasteiger partial charge is 0.410 e. The summed E-state index contributed by atoms with van der Waals surface area (Å²) in [4.78, 5) is 25.8. The molecule has 0 spiro atoms. The predicted octanol–water partition coefficient (Wildman–Crippen LogP) is 3.06. The highest BCUT2D eigenvalue weighted by Crippen LogP contribution is 2.20. The normalized spacial score (nSPS) is 19.5. The van der Waals surface area contributed by atoms with E-state index >= 15 is 0 Å². The van der Waals surface area contributed by atoms with Gasteiger partial charge in [0.25, 0.3) is 0 Å². The molecule has 1 aliphatic rings. The van der Waals surface area contributed by atoms with Gasteiger partial charge in [0, 0.05) is 25.4 Å². The molecule has 1 aromatic carbocycles. The molecular formula is C17H23NO3. The van der Waals surface area contributed by atoms with E-state index in [4.69, 9.17) is 4.74 Å². The van der Waals surface area contributed by atoms with Gasteiger partial charge in [-0.05, 0) is 32.8 Å². The van der Waals surface area contributed by atoms with Gasteiger partial charge in [0.05, 0.1) is 0 Å². The number of amides is 1. The van der Waals surface area contributed by atoms with Gasteiger partial charge in [0.15, 0.2) is 0 Å². The van der Waals surface area contributed by atoms with Crippen molar-refractivity contribution in [1.29, 1.82) is 0 Å². The number of carbonyl (C=O) groups is 2. The molecule has 0 unspecified atom stereocenters. The maximum absolute atomic E-state index is 12.1. The summed E-state index contributed by atoms with van der Waals surface area (Å²) in [5.74, 6) is 0.104. The third-order valence-electron chi connectivity index (χ3n) is 3.50. The topological polar surface area (TPSA) is 46.6 Å². The second-order valence-corrected chi connectivity index (χ2v) is 6.53. The maximum atomic E-state index is 12.1. The lowest BCUT2D eigenvalue weighted by Gasteiger charge is -2.33. The van der Waals surface area contributed by atoms with Gasteiger partial charge in [-0.25, -0.2) is 4.79 Å². The Morgan fingerprint density at radius 3 is 2.57 bits per heavy atom.